The highest BCUT2D eigenvalue weighted by atomic mass is 35.5. The van der Waals surface area contributed by atoms with E-state index in [1.165, 1.54) is 12.1 Å². The minimum Gasteiger partial charge on any atom is -0.206 e. The van der Waals surface area contributed by atoms with Crippen LogP contribution in [0.15, 0.2) is 24.3 Å². The van der Waals surface area contributed by atoms with Crippen LogP contribution < -0.4 is 0 Å². The first-order chi connectivity index (χ1) is 5.74. The number of halogens is 3. The molecule has 0 aromatic heterocycles. The number of allylic oxidation sites excluding steroid dienone is 1. The molecule has 0 aliphatic carbocycles. The highest BCUT2D eigenvalue weighted by Gasteiger charge is 1.97. The largest absolute Gasteiger partial charge is 0.206 e. The van der Waals surface area contributed by atoms with E-state index in [9.17, 15) is 4.39 Å². The summed E-state index contributed by atoms with van der Waals surface area (Å²) in [5.74, 6) is 0.0761. The second-order valence-corrected chi connectivity index (χ2v) is 2.97. The predicted octanol–water partition coefficient (Wildman–Crippen LogP) is 3.73. The van der Waals surface area contributed by atoms with Gasteiger partial charge in [-0.25, -0.2) is 4.39 Å². The van der Waals surface area contributed by atoms with Crippen LogP contribution in [0.4, 0.5) is 4.39 Å². The summed E-state index contributed by atoms with van der Waals surface area (Å²) in [6, 6.07) is 4.39. The summed E-state index contributed by atoms with van der Waals surface area (Å²) in [5, 5.41) is 0.519. The van der Waals surface area contributed by atoms with Crippen LogP contribution in [0.1, 0.15) is 5.56 Å². The van der Waals surface area contributed by atoms with Crippen molar-refractivity contribution in [3.8, 4) is 0 Å². The van der Waals surface area contributed by atoms with E-state index < -0.39 is 0 Å². The van der Waals surface area contributed by atoms with Gasteiger partial charge in [0.2, 0.25) is 0 Å². The van der Waals surface area contributed by atoms with Crippen LogP contribution in [0.5, 0.6) is 0 Å². The Morgan fingerprint density at radius 2 is 2.17 bits per heavy atom. The van der Waals surface area contributed by atoms with Crippen molar-refractivity contribution in [1.82, 2.24) is 0 Å². The molecule has 0 N–H and O–H groups in total. The lowest BCUT2D eigenvalue weighted by Crippen LogP contribution is -1.80. The second-order valence-electron chi connectivity index (χ2n) is 2.22. The lowest BCUT2D eigenvalue weighted by atomic mass is 10.2. The fraction of sp³-hybridized carbons (Fsp3) is 0.111. The summed E-state index contributed by atoms with van der Waals surface area (Å²) in [7, 11) is 0. The Morgan fingerprint density at radius 3 is 2.83 bits per heavy atom. The van der Waals surface area contributed by atoms with Crippen molar-refractivity contribution in [2.24, 2.45) is 0 Å². The van der Waals surface area contributed by atoms with Gasteiger partial charge in [0.1, 0.15) is 5.82 Å². The molecule has 0 radical (unpaired) electrons. The highest BCUT2D eigenvalue weighted by Crippen LogP contribution is 2.15. The third kappa shape index (κ3) is 2.50. The minimum atomic E-state index is -0.291. The Balaban J connectivity index is 2.97. The molecule has 0 nitrogen and oxygen atoms in total. The Kier molecular flexibility index (Phi) is 3.57. The molecule has 0 aliphatic rings. The Labute approximate surface area is 80.6 Å². The Bertz CT molecular complexity index is 295. The molecule has 1 aromatic rings. The molecule has 0 unspecified atom stereocenters. The normalized spacial score (nSPS) is 10.9. The van der Waals surface area contributed by atoms with Gasteiger partial charge < -0.3 is 0 Å². The van der Waals surface area contributed by atoms with Crippen molar-refractivity contribution >= 4 is 29.3 Å². The maximum Gasteiger partial charge on any atom is 0.130 e. The lowest BCUT2D eigenvalue weighted by Gasteiger charge is -1.96. The van der Waals surface area contributed by atoms with Crippen LogP contribution in [-0.2, 0) is 0 Å². The summed E-state index contributed by atoms with van der Waals surface area (Å²) in [4.78, 5) is 0. The summed E-state index contributed by atoms with van der Waals surface area (Å²) < 4.78 is 12.9. The summed E-state index contributed by atoms with van der Waals surface area (Å²) in [6.45, 7) is 0. The maximum atomic E-state index is 12.9. The van der Waals surface area contributed by atoms with Crippen molar-refractivity contribution in [2.75, 3.05) is 5.88 Å². The topological polar surface area (TPSA) is 0 Å². The molecule has 0 aliphatic heterocycles. The zero-order chi connectivity index (χ0) is 8.97. The standard InChI is InChI=1S/C9H7Cl2F/c10-5-1-2-7-6-8(11)3-4-9(7)12/h1-4,6H,5H2/b2-1+. The molecule has 0 saturated heterocycles. The van der Waals surface area contributed by atoms with Gasteiger partial charge in [0, 0.05) is 16.5 Å². The van der Waals surface area contributed by atoms with Crippen LogP contribution in [0.25, 0.3) is 6.08 Å². The average Bonchev–Trinajstić information content (AvgIpc) is 2.07. The summed E-state index contributed by atoms with van der Waals surface area (Å²) in [6.07, 6.45) is 3.27. The van der Waals surface area contributed by atoms with Gasteiger partial charge in [-0.2, -0.15) is 0 Å². The predicted molar refractivity (Wildman–Crippen MR) is 51.2 cm³/mol. The number of alkyl halides is 1. The first kappa shape index (κ1) is 9.56. The first-order valence-corrected chi connectivity index (χ1v) is 4.33. The first-order valence-electron chi connectivity index (χ1n) is 3.41. The summed E-state index contributed by atoms with van der Waals surface area (Å²) in [5.41, 5.74) is 0.461. The quantitative estimate of drug-likeness (QED) is 0.645. The van der Waals surface area contributed by atoms with Gasteiger partial charge in [0.05, 0.1) is 0 Å². The Hall–Kier alpha value is -0.530. The van der Waals surface area contributed by atoms with E-state index in [1.54, 1.807) is 18.2 Å². The van der Waals surface area contributed by atoms with Crippen molar-refractivity contribution in [1.29, 1.82) is 0 Å². The van der Waals surface area contributed by atoms with Crippen molar-refractivity contribution < 1.29 is 4.39 Å². The zero-order valence-corrected chi connectivity index (χ0v) is 7.74. The van der Waals surface area contributed by atoms with Gasteiger partial charge in [-0.3, -0.25) is 0 Å². The number of hydrogen-bond donors (Lipinski definition) is 0. The number of rotatable bonds is 2. The van der Waals surface area contributed by atoms with E-state index in [2.05, 4.69) is 0 Å². The van der Waals surface area contributed by atoms with E-state index in [1.807, 2.05) is 0 Å². The number of benzene rings is 1. The fourth-order valence-corrected chi connectivity index (χ4v) is 1.08. The molecule has 0 atom stereocenters. The van der Waals surface area contributed by atoms with E-state index in [-0.39, 0.29) is 5.82 Å². The third-order valence-electron chi connectivity index (χ3n) is 1.34. The third-order valence-corrected chi connectivity index (χ3v) is 1.76. The van der Waals surface area contributed by atoms with Gasteiger partial charge >= 0.3 is 0 Å². The smallest absolute Gasteiger partial charge is 0.130 e. The molecule has 0 spiro atoms. The molecule has 0 heterocycles. The highest BCUT2D eigenvalue weighted by molar-refractivity contribution is 6.30. The molecular formula is C9H7Cl2F. The van der Waals surface area contributed by atoms with Gasteiger partial charge in [-0.15, -0.1) is 11.6 Å². The maximum absolute atomic E-state index is 12.9. The zero-order valence-electron chi connectivity index (χ0n) is 6.23. The van der Waals surface area contributed by atoms with Crippen molar-refractivity contribution in [2.45, 2.75) is 0 Å². The SMILES string of the molecule is Fc1ccc(Cl)cc1/C=C/CCl. The molecule has 12 heavy (non-hydrogen) atoms. The van der Waals surface area contributed by atoms with E-state index >= 15 is 0 Å². The molecule has 0 fully saturated rings. The van der Waals surface area contributed by atoms with Crippen LogP contribution in [0, 0.1) is 5.82 Å². The van der Waals surface area contributed by atoms with Crippen LogP contribution in [0.3, 0.4) is 0 Å². The van der Waals surface area contributed by atoms with Gasteiger partial charge in [0.25, 0.3) is 0 Å². The van der Waals surface area contributed by atoms with Crippen LogP contribution in [0.2, 0.25) is 5.02 Å². The van der Waals surface area contributed by atoms with Gasteiger partial charge in [-0.05, 0) is 18.2 Å². The molecule has 0 amide bonds. The molecular weight excluding hydrogens is 198 g/mol. The lowest BCUT2D eigenvalue weighted by molar-refractivity contribution is 0.625. The minimum absolute atomic E-state index is 0.291. The molecule has 1 aromatic carbocycles. The summed E-state index contributed by atoms with van der Waals surface area (Å²) >= 11 is 11.1. The fourth-order valence-electron chi connectivity index (χ4n) is 0.814. The van der Waals surface area contributed by atoms with E-state index in [4.69, 9.17) is 23.2 Å². The van der Waals surface area contributed by atoms with E-state index in [0.29, 0.717) is 16.5 Å². The van der Waals surface area contributed by atoms with E-state index in [0.717, 1.165) is 0 Å². The second kappa shape index (κ2) is 4.48. The molecule has 1 rings (SSSR count). The monoisotopic (exact) mass is 204 g/mol. The molecule has 0 bridgehead atoms. The van der Waals surface area contributed by atoms with Gasteiger partial charge in [0.15, 0.2) is 0 Å². The molecule has 64 valence electrons. The molecule has 0 saturated carbocycles. The van der Waals surface area contributed by atoms with Crippen LogP contribution in [-0.4, -0.2) is 5.88 Å². The number of hydrogen-bond acceptors (Lipinski definition) is 0. The Morgan fingerprint density at radius 1 is 1.42 bits per heavy atom. The van der Waals surface area contributed by atoms with Gasteiger partial charge in [-0.1, -0.05) is 23.8 Å². The van der Waals surface area contributed by atoms with Crippen molar-refractivity contribution in [3.63, 3.8) is 0 Å². The average molecular weight is 205 g/mol. The van der Waals surface area contributed by atoms with Crippen molar-refractivity contribution in [3.05, 3.63) is 40.7 Å². The van der Waals surface area contributed by atoms with Crippen LogP contribution >= 0.6 is 23.2 Å². The molecule has 3 heteroatoms.